The van der Waals surface area contributed by atoms with Gasteiger partial charge < -0.3 is 20.3 Å². The smallest absolute Gasteiger partial charge is 0.319 e. The van der Waals surface area contributed by atoms with Gasteiger partial charge in [0.25, 0.3) is 0 Å². The molecule has 9 heteroatoms. The first-order chi connectivity index (χ1) is 16.6. The average molecular weight is 481 g/mol. The number of aryl methyl sites for hydroxylation is 1. The molecule has 0 bridgehead atoms. The Kier molecular flexibility index (Phi) is 8.32. The van der Waals surface area contributed by atoms with E-state index in [1.807, 2.05) is 31.2 Å². The van der Waals surface area contributed by atoms with Crippen LogP contribution in [0, 0.1) is 6.92 Å². The van der Waals surface area contributed by atoms with Gasteiger partial charge in [-0.3, -0.25) is 4.90 Å². The number of ether oxygens (including phenoxy) is 1. The third-order valence-corrected chi connectivity index (χ3v) is 6.55. The number of nitrogens with one attached hydrogen (secondary N) is 2. The van der Waals surface area contributed by atoms with Crippen molar-refractivity contribution in [2.45, 2.75) is 20.3 Å². The van der Waals surface area contributed by atoms with E-state index >= 15 is 0 Å². The highest BCUT2D eigenvalue weighted by Crippen LogP contribution is 2.23. The molecular weight excluding hydrogens is 448 g/mol. The molecule has 1 aliphatic rings. The van der Waals surface area contributed by atoms with E-state index in [2.05, 4.69) is 56.0 Å². The first-order valence-corrected chi connectivity index (χ1v) is 12.5. The van der Waals surface area contributed by atoms with Crippen LogP contribution in [0.3, 0.4) is 0 Å². The van der Waals surface area contributed by atoms with Crippen molar-refractivity contribution < 1.29 is 9.53 Å². The molecule has 34 heavy (non-hydrogen) atoms. The van der Waals surface area contributed by atoms with Crippen molar-refractivity contribution in [3.63, 3.8) is 0 Å². The van der Waals surface area contributed by atoms with Crippen LogP contribution in [-0.2, 0) is 6.42 Å². The van der Waals surface area contributed by atoms with Crippen LogP contribution in [0.5, 0.6) is 5.75 Å². The van der Waals surface area contributed by atoms with E-state index in [0.717, 1.165) is 50.1 Å². The van der Waals surface area contributed by atoms with E-state index in [4.69, 9.17) is 9.72 Å². The number of benzene rings is 2. The number of aromatic nitrogens is 2. The maximum absolute atomic E-state index is 12.3. The van der Waals surface area contributed by atoms with Crippen molar-refractivity contribution in [2.75, 3.05) is 56.1 Å². The van der Waals surface area contributed by atoms with Gasteiger partial charge >= 0.3 is 6.03 Å². The second-order valence-corrected chi connectivity index (χ2v) is 9.02. The fourth-order valence-electron chi connectivity index (χ4n) is 3.84. The standard InChI is InChI=1S/C25H32N6O2S/c1-3-33-22-7-5-4-6-21(22)27-24(32)26-12-13-30-14-16-31(17-15-30)25-28-23(29-34-25)18-20-10-8-19(2)9-11-20/h4-11H,3,12-18H2,1-2H3,(H2,26,27,32). The van der Waals surface area contributed by atoms with Gasteiger partial charge in [0, 0.05) is 57.2 Å². The van der Waals surface area contributed by atoms with Crippen molar-refractivity contribution >= 4 is 28.4 Å². The molecule has 0 radical (unpaired) electrons. The van der Waals surface area contributed by atoms with Crippen molar-refractivity contribution in [1.29, 1.82) is 0 Å². The maximum atomic E-state index is 12.3. The van der Waals surface area contributed by atoms with Crippen LogP contribution in [0.2, 0.25) is 0 Å². The summed E-state index contributed by atoms with van der Waals surface area (Å²) in [5.41, 5.74) is 3.17. The van der Waals surface area contributed by atoms with Gasteiger partial charge in [-0.15, -0.1) is 0 Å². The predicted octanol–water partition coefficient (Wildman–Crippen LogP) is 3.78. The molecule has 1 fully saturated rings. The first-order valence-electron chi connectivity index (χ1n) is 11.7. The number of urea groups is 1. The second-order valence-electron chi connectivity index (χ2n) is 8.29. The van der Waals surface area contributed by atoms with Crippen LogP contribution < -0.4 is 20.3 Å². The summed E-state index contributed by atoms with van der Waals surface area (Å²) in [4.78, 5) is 21.7. The van der Waals surface area contributed by atoms with Gasteiger partial charge in [-0.2, -0.15) is 4.37 Å². The van der Waals surface area contributed by atoms with Gasteiger partial charge in [-0.1, -0.05) is 42.0 Å². The molecule has 0 saturated carbocycles. The molecule has 2 aromatic carbocycles. The predicted molar refractivity (Wildman–Crippen MR) is 137 cm³/mol. The number of piperazine rings is 1. The Hall–Kier alpha value is -3.17. The lowest BCUT2D eigenvalue weighted by molar-refractivity contribution is 0.240. The molecule has 0 spiro atoms. The summed E-state index contributed by atoms with van der Waals surface area (Å²) in [6.07, 6.45) is 0.763. The van der Waals surface area contributed by atoms with Crippen LogP contribution in [0.4, 0.5) is 15.6 Å². The summed E-state index contributed by atoms with van der Waals surface area (Å²) in [7, 11) is 0. The quantitative estimate of drug-likeness (QED) is 0.485. The van der Waals surface area contributed by atoms with Crippen LogP contribution in [0.15, 0.2) is 48.5 Å². The highest BCUT2D eigenvalue weighted by molar-refractivity contribution is 7.09. The average Bonchev–Trinajstić information content (AvgIpc) is 3.31. The molecule has 2 amide bonds. The topological polar surface area (TPSA) is 82.6 Å². The number of hydrogen-bond acceptors (Lipinski definition) is 7. The summed E-state index contributed by atoms with van der Waals surface area (Å²) in [6.45, 7) is 9.65. The zero-order chi connectivity index (χ0) is 23.8. The molecule has 2 N–H and O–H groups in total. The number of anilines is 2. The Morgan fingerprint density at radius 2 is 1.85 bits per heavy atom. The van der Waals surface area contributed by atoms with Crippen LogP contribution in [-0.4, -0.2) is 66.2 Å². The molecule has 3 aromatic rings. The highest BCUT2D eigenvalue weighted by atomic mass is 32.1. The van der Waals surface area contributed by atoms with E-state index < -0.39 is 0 Å². The minimum Gasteiger partial charge on any atom is -0.492 e. The number of hydrogen-bond donors (Lipinski definition) is 2. The molecule has 8 nitrogen and oxygen atoms in total. The van der Waals surface area contributed by atoms with Crippen molar-refractivity contribution in [3.05, 3.63) is 65.5 Å². The lowest BCUT2D eigenvalue weighted by Gasteiger charge is -2.34. The van der Waals surface area contributed by atoms with Crippen molar-refractivity contribution in [1.82, 2.24) is 19.6 Å². The van der Waals surface area contributed by atoms with E-state index in [-0.39, 0.29) is 6.03 Å². The molecule has 1 aliphatic heterocycles. The first kappa shape index (κ1) is 24.0. The van der Waals surface area contributed by atoms with E-state index in [1.54, 1.807) is 0 Å². The summed E-state index contributed by atoms with van der Waals surface area (Å²) in [5.74, 6) is 1.56. The molecule has 0 aliphatic carbocycles. The number of carbonyl (C=O) groups is 1. The zero-order valence-corrected chi connectivity index (χ0v) is 20.6. The van der Waals surface area contributed by atoms with Gasteiger partial charge in [0.2, 0.25) is 5.13 Å². The largest absolute Gasteiger partial charge is 0.492 e. The zero-order valence-electron chi connectivity index (χ0n) is 19.8. The minimum absolute atomic E-state index is 0.222. The molecule has 180 valence electrons. The highest BCUT2D eigenvalue weighted by Gasteiger charge is 2.20. The normalized spacial score (nSPS) is 14.1. The van der Waals surface area contributed by atoms with Gasteiger partial charge in [0.05, 0.1) is 12.3 Å². The third kappa shape index (κ3) is 6.68. The fourth-order valence-corrected chi connectivity index (χ4v) is 4.58. The van der Waals surface area contributed by atoms with Gasteiger partial charge in [0.15, 0.2) is 0 Å². The lowest BCUT2D eigenvalue weighted by Crippen LogP contribution is -2.48. The fraction of sp³-hybridized carbons (Fsp3) is 0.400. The molecule has 4 rings (SSSR count). The molecule has 0 atom stereocenters. The number of para-hydroxylation sites is 2. The molecule has 0 unspecified atom stereocenters. The summed E-state index contributed by atoms with van der Waals surface area (Å²) in [5, 5.41) is 6.80. The molecular formula is C25H32N6O2S. The van der Waals surface area contributed by atoms with E-state index in [9.17, 15) is 4.79 Å². The molecule has 1 aromatic heterocycles. The van der Waals surface area contributed by atoms with Crippen LogP contribution in [0.1, 0.15) is 23.9 Å². The number of carbonyl (C=O) groups excluding carboxylic acids is 1. The maximum Gasteiger partial charge on any atom is 0.319 e. The molecule has 1 saturated heterocycles. The Balaban J connectivity index is 1.17. The Bertz CT molecular complexity index is 1060. The minimum atomic E-state index is -0.222. The van der Waals surface area contributed by atoms with Gasteiger partial charge in [0.1, 0.15) is 11.6 Å². The van der Waals surface area contributed by atoms with Crippen molar-refractivity contribution in [2.24, 2.45) is 0 Å². The van der Waals surface area contributed by atoms with Crippen LogP contribution >= 0.6 is 11.5 Å². The summed E-state index contributed by atoms with van der Waals surface area (Å²) < 4.78 is 10.1. The SMILES string of the molecule is CCOc1ccccc1NC(=O)NCCN1CCN(c2nc(Cc3ccc(C)cc3)ns2)CC1. The Morgan fingerprint density at radius 3 is 2.62 bits per heavy atom. The lowest BCUT2D eigenvalue weighted by atomic mass is 10.1. The monoisotopic (exact) mass is 480 g/mol. The Labute approximate surface area is 205 Å². The van der Waals surface area contributed by atoms with Gasteiger partial charge in [-0.05, 0) is 31.5 Å². The molecule has 2 heterocycles. The summed E-state index contributed by atoms with van der Waals surface area (Å²) in [6, 6.07) is 15.8. The van der Waals surface area contributed by atoms with Crippen LogP contribution in [0.25, 0.3) is 0 Å². The van der Waals surface area contributed by atoms with Crippen molar-refractivity contribution in [3.8, 4) is 5.75 Å². The number of rotatable bonds is 9. The number of amides is 2. The number of nitrogens with zero attached hydrogens (tertiary/aromatic N) is 4. The third-order valence-electron chi connectivity index (χ3n) is 5.73. The second kappa shape index (κ2) is 11.8. The Morgan fingerprint density at radius 1 is 1.09 bits per heavy atom. The van der Waals surface area contributed by atoms with Gasteiger partial charge in [-0.25, -0.2) is 9.78 Å². The van der Waals surface area contributed by atoms with E-state index in [1.165, 1.54) is 22.7 Å². The summed E-state index contributed by atoms with van der Waals surface area (Å²) >= 11 is 1.48. The van der Waals surface area contributed by atoms with E-state index in [0.29, 0.717) is 24.6 Å².